The van der Waals surface area contributed by atoms with Gasteiger partial charge in [0.15, 0.2) is 0 Å². The fourth-order valence-corrected chi connectivity index (χ4v) is 2.83. The van der Waals surface area contributed by atoms with Crippen LogP contribution in [0.1, 0.15) is 44.4 Å². The molecule has 4 nitrogen and oxygen atoms in total. The van der Waals surface area contributed by atoms with Crippen molar-refractivity contribution in [3.63, 3.8) is 0 Å². The van der Waals surface area contributed by atoms with Crippen LogP contribution in [0.25, 0.3) is 0 Å². The van der Waals surface area contributed by atoms with Gasteiger partial charge in [-0.2, -0.15) is 0 Å². The van der Waals surface area contributed by atoms with Crippen LogP contribution < -0.4 is 10.2 Å². The van der Waals surface area contributed by atoms with Crippen LogP contribution in [0.2, 0.25) is 0 Å². The first-order valence-corrected chi connectivity index (χ1v) is 8.34. The third-order valence-corrected chi connectivity index (χ3v) is 4.24. The number of anilines is 1. The second-order valence-corrected chi connectivity index (χ2v) is 6.31. The zero-order valence-electron chi connectivity index (χ0n) is 13.3. The molecule has 1 aliphatic carbocycles. The van der Waals surface area contributed by atoms with E-state index in [9.17, 15) is 0 Å². The lowest BCUT2D eigenvalue weighted by Crippen LogP contribution is -2.31. The molecule has 3 rings (SSSR count). The van der Waals surface area contributed by atoms with Gasteiger partial charge in [-0.25, -0.2) is 4.98 Å². The predicted octanol–water partition coefficient (Wildman–Crippen LogP) is 2.51. The molecular formula is C17H27N3O. The molecule has 0 amide bonds. The summed E-state index contributed by atoms with van der Waals surface area (Å²) in [4.78, 5) is 7.22. The maximum absolute atomic E-state index is 5.75. The van der Waals surface area contributed by atoms with Crippen LogP contribution in [0.15, 0.2) is 12.1 Å². The molecule has 1 saturated heterocycles. The van der Waals surface area contributed by atoms with Gasteiger partial charge in [0.25, 0.3) is 0 Å². The van der Waals surface area contributed by atoms with Crippen LogP contribution in [0.3, 0.4) is 0 Å². The number of aromatic nitrogens is 1. The van der Waals surface area contributed by atoms with E-state index in [4.69, 9.17) is 9.72 Å². The van der Waals surface area contributed by atoms with Gasteiger partial charge < -0.3 is 15.0 Å². The maximum atomic E-state index is 5.75. The molecule has 1 unspecified atom stereocenters. The Balaban J connectivity index is 1.76. The minimum atomic E-state index is 0.285. The molecule has 116 valence electrons. The largest absolute Gasteiger partial charge is 0.377 e. The number of nitrogens with zero attached hydrogens (tertiary/aromatic N) is 2. The van der Waals surface area contributed by atoms with Crippen molar-refractivity contribution in [2.24, 2.45) is 0 Å². The lowest BCUT2D eigenvalue weighted by molar-refractivity contribution is 0.0820. The van der Waals surface area contributed by atoms with Gasteiger partial charge in [-0.1, -0.05) is 6.92 Å². The van der Waals surface area contributed by atoms with Gasteiger partial charge in [0.2, 0.25) is 0 Å². The molecule has 2 aliphatic rings. The summed E-state index contributed by atoms with van der Waals surface area (Å²) in [5, 5.41) is 3.60. The second-order valence-electron chi connectivity index (χ2n) is 6.31. The van der Waals surface area contributed by atoms with Crippen molar-refractivity contribution >= 4 is 5.82 Å². The van der Waals surface area contributed by atoms with E-state index in [2.05, 4.69) is 36.2 Å². The van der Waals surface area contributed by atoms with Crippen LogP contribution in [-0.4, -0.2) is 36.8 Å². The molecule has 2 heterocycles. The van der Waals surface area contributed by atoms with Gasteiger partial charge in [0, 0.05) is 38.0 Å². The molecule has 1 saturated carbocycles. The quantitative estimate of drug-likeness (QED) is 0.904. The lowest BCUT2D eigenvalue weighted by atomic mass is 10.1. The Morgan fingerprint density at radius 2 is 2.24 bits per heavy atom. The van der Waals surface area contributed by atoms with Crippen molar-refractivity contribution in [1.82, 2.24) is 10.3 Å². The van der Waals surface area contributed by atoms with Gasteiger partial charge in [0.1, 0.15) is 5.82 Å². The topological polar surface area (TPSA) is 37.4 Å². The van der Waals surface area contributed by atoms with Crippen molar-refractivity contribution in [3.05, 3.63) is 23.4 Å². The average Bonchev–Trinajstić information content (AvgIpc) is 3.32. The third kappa shape index (κ3) is 4.17. The van der Waals surface area contributed by atoms with Crippen molar-refractivity contribution in [2.75, 3.05) is 24.6 Å². The summed E-state index contributed by atoms with van der Waals surface area (Å²) >= 11 is 0. The number of aryl methyl sites for hydroxylation is 1. The van der Waals surface area contributed by atoms with Crippen LogP contribution in [0, 0.1) is 0 Å². The predicted molar refractivity (Wildman–Crippen MR) is 85.7 cm³/mol. The molecule has 1 N–H and O–H groups in total. The Kier molecular flexibility index (Phi) is 4.76. The van der Waals surface area contributed by atoms with Gasteiger partial charge in [-0.05, 0) is 50.3 Å². The summed E-state index contributed by atoms with van der Waals surface area (Å²) in [6.07, 6.45) is 5.02. The normalized spacial score (nSPS) is 23.1. The SMILES string of the molecule is CCc1cc(CNC2CC2)cc(N2CCCOC(C)C2)n1. The number of hydrogen-bond acceptors (Lipinski definition) is 4. The number of rotatable bonds is 5. The maximum Gasteiger partial charge on any atom is 0.129 e. The molecule has 0 radical (unpaired) electrons. The zero-order valence-corrected chi connectivity index (χ0v) is 13.3. The molecule has 0 spiro atoms. The molecule has 1 aromatic heterocycles. The van der Waals surface area contributed by atoms with Gasteiger partial charge in [-0.3, -0.25) is 0 Å². The van der Waals surface area contributed by atoms with E-state index in [0.29, 0.717) is 0 Å². The van der Waals surface area contributed by atoms with Gasteiger partial charge >= 0.3 is 0 Å². The van der Waals surface area contributed by atoms with Crippen molar-refractivity contribution in [1.29, 1.82) is 0 Å². The van der Waals surface area contributed by atoms with Gasteiger partial charge in [0.05, 0.1) is 6.10 Å². The standard InChI is InChI=1S/C17H27N3O/c1-3-15-9-14(11-18-16-5-6-16)10-17(19-15)20-7-4-8-21-13(2)12-20/h9-10,13,16,18H,3-8,11-12H2,1-2H3. The zero-order chi connectivity index (χ0) is 14.7. The van der Waals surface area contributed by atoms with E-state index in [-0.39, 0.29) is 6.10 Å². The molecular weight excluding hydrogens is 262 g/mol. The second kappa shape index (κ2) is 6.75. The Hall–Kier alpha value is -1.13. The summed E-state index contributed by atoms with van der Waals surface area (Å²) in [6, 6.07) is 5.25. The number of nitrogens with one attached hydrogen (secondary N) is 1. The molecule has 1 atom stereocenters. The fraction of sp³-hybridized carbons (Fsp3) is 0.706. The van der Waals surface area contributed by atoms with Crippen molar-refractivity contribution in [2.45, 2.75) is 58.2 Å². The molecule has 2 fully saturated rings. The molecule has 1 aliphatic heterocycles. The summed E-state index contributed by atoms with van der Waals surface area (Å²) in [6.45, 7) is 8.14. The minimum Gasteiger partial charge on any atom is -0.377 e. The average molecular weight is 289 g/mol. The summed E-state index contributed by atoms with van der Waals surface area (Å²) < 4.78 is 5.75. The lowest BCUT2D eigenvalue weighted by Gasteiger charge is -2.24. The summed E-state index contributed by atoms with van der Waals surface area (Å²) in [5.41, 5.74) is 2.56. The van der Waals surface area contributed by atoms with E-state index in [1.807, 2.05) is 0 Å². The Morgan fingerprint density at radius 1 is 1.38 bits per heavy atom. The van der Waals surface area contributed by atoms with Crippen molar-refractivity contribution < 1.29 is 4.74 Å². The highest BCUT2D eigenvalue weighted by atomic mass is 16.5. The highest BCUT2D eigenvalue weighted by Gasteiger charge is 2.21. The van der Waals surface area contributed by atoms with Gasteiger partial charge in [-0.15, -0.1) is 0 Å². The molecule has 1 aromatic rings. The third-order valence-electron chi connectivity index (χ3n) is 4.24. The monoisotopic (exact) mass is 289 g/mol. The smallest absolute Gasteiger partial charge is 0.129 e. The minimum absolute atomic E-state index is 0.285. The first-order chi connectivity index (χ1) is 10.2. The van der Waals surface area contributed by atoms with Crippen LogP contribution in [0.5, 0.6) is 0 Å². The first-order valence-electron chi connectivity index (χ1n) is 8.34. The Morgan fingerprint density at radius 3 is 3.00 bits per heavy atom. The van der Waals surface area contributed by atoms with E-state index in [1.54, 1.807) is 0 Å². The van der Waals surface area contributed by atoms with Crippen LogP contribution >= 0.6 is 0 Å². The summed E-state index contributed by atoms with van der Waals surface area (Å²) in [7, 11) is 0. The number of pyridine rings is 1. The van der Waals surface area contributed by atoms with Crippen LogP contribution in [0.4, 0.5) is 5.82 Å². The fourth-order valence-electron chi connectivity index (χ4n) is 2.83. The Bertz CT molecular complexity index is 473. The van der Waals surface area contributed by atoms with Crippen LogP contribution in [-0.2, 0) is 17.7 Å². The summed E-state index contributed by atoms with van der Waals surface area (Å²) in [5.74, 6) is 1.12. The van der Waals surface area contributed by atoms with E-state index in [0.717, 1.165) is 50.9 Å². The molecule has 0 aromatic carbocycles. The molecule has 21 heavy (non-hydrogen) atoms. The molecule has 0 bridgehead atoms. The number of hydrogen-bond donors (Lipinski definition) is 1. The van der Waals surface area contributed by atoms with E-state index in [1.165, 1.54) is 24.1 Å². The van der Waals surface area contributed by atoms with E-state index < -0.39 is 0 Å². The highest BCUT2D eigenvalue weighted by Crippen LogP contribution is 2.22. The Labute approximate surface area is 127 Å². The first kappa shape index (κ1) is 14.8. The van der Waals surface area contributed by atoms with Crippen molar-refractivity contribution in [3.8, 4) is 0 Å². The molecule has 4 heteroatoms. The highest BCUT2D eigenvalue weighted by molar-refractivity contribution is 5.43. The van der Waals surface area contributed by atoms with E-state index >= 15 is 0 Å². The number of ether oxygens (including phenoxy) is 1.